The Kier molecular flexibility index (Phi) is 6.42. The SMILES string of the molecule is CCCP(c1cccc([Si](C)(C)C)c1O)c1cccc([Si](C)(C)C)c1O. The third kappa shape index (κ3) is 4.41. The molecule has 0 aromatic heterocycles. The van der Waals surface area contributed by atoms with Crippen molar-refractivity contribution >= 4 is 45.1 Å². The van der Waals surface area contributed by atoms with Crippen LogP contribution >= 0.6 is 7.92 Å². The minimum atomic E-state index is -1.63. The maximum Gasteiger partial charge on any atom is 0.122 e. The number of phenols is 2. The van der Waals surface area contributed by atoms with Gasteiger partial charge in [-0.3, -0.25) is 0 Å². The van der Waals surface area contributed by atoms with E-state index in [-0.39, 0.29) is 0 Å². The van der Waals surface area contributed by atoms with Gasteiger partial charge in [-0.15, -0.1) is 0 Å². The quantitative estimate of drug-likeness (QED) is 0.564. The molecule has 26 heavy (non-hydrogen) atoms. The fourth-order valence-electron chi connectivity index (χ4n) is 3.30. The van der Waals surface area contributed by atoms with Crippen molar-refractivity contribution in [3.05, 3.63) is 36.4 Å². The molecule has 2 nitrogen and oxygen atoms in total. The van der Waals surface area contributed by atoms with E-state index in [1.165, 1.54) is 0 Å². The molecule has 0 radical (unpaired) electrons. The van der Waals surface area contributed by atoms with Gasteiger partial charge >= 0.3 is 0 Å². The van der Waals surface area contributed by atoms with E-state index in [0.717, 1.165) is 33.6 Å². The average molecular weight is 405 g/mol. The second-order valence-corrected chi connectivity index (χ2v) is 21.3. The zero-order valence-corrected chi connectivity index (χ0v) is 20.1. The molecule has 142 valence electrons. The fourth-order valence-corrected chi connectivity index (χ4v) is 8.87. The average Bonchev–Trinajstić information content (AvgIpc) is 2.51. The van der Waals surface area contributed by atoms with Gasteiger partial charge in [-0.1, -0.05) is 89.0 Å². The summed E-state index contributed by atoms with van der Waals surface area (Å²) in [5.41, 5.74) is 0. The third-order valence-corrected chi connectivity index (χ3v) is 11.5. The van der Waals surface area contributed by atoms with Gasteiger partial charge in [0.25, 0.3) is 0 Å². The highest BCUT2D eigenvalue weighted by Crippen LogP contribution is 2.40. The van der Waals surface area contributed by atoms with E-state index >= 15 is 0 Å². The second kappa shape index (κ2) is 7.88. The zero-order valence-electron chi connectivity index (χ0n) is 17.2. The molecule has 0 bridgehead atoms. The number of hydrogen-bond donors (Lipinski definition) is 2. The van der Waals surface area contributed by atoms with Crippen molar-refractivity contribution in [1.29, 1.82) is 0 Å². The Labute approximate surface area is 162 Å². The molecular formula is C21H33O2PSi2. The van der Waals surface area contributed by atoms with E-state index in [0.29, 0.717) is 11.5 Å². The Balaban J connectivity index is 2.66. The van der Waals surface area contributed by atoms with Crippen LogP contribution in [0.1, 0.15) is 13.3 Å². The highest BCUT2D eigenvalue weighted by atomic mass is 31.1. The smallest absolute Gasteiger partial charge is 0.122 e. The summed E-state index contributed by atoms with van der Waals surface area (Å²) in [5, 5.41) is 26.4. The van der Waals surface area contributed by atoms with Gasteiger partial charge in [0.05, 0.1) is 16.1 Å². The second-order valence-electron chi connectivity index (χ2n) is 9.00. The van der Waals surface area contributed by atoms with Gasteiger partial charge in [-0.2, -0.15) is 0 Å². The molecule has 0 aliphatic rings. The van der Waals surface area contributed by atoms with Crippen molar-refractivity contribution in [1.82, 2.24) is 0 Å². The molecule has 0 heterocycles. The lowest BCUT2D eigenvalue weighted by Gasteiger charge is -2.27. The van der Waals surface area contributed by atoms with Crippen LogP contribution in [-0.2, 0) is 0 Å². The number of phenolic OH excluding ortho intramolecular Hbond substituents is 2. The lowest BCUT2D eigenvalue weighted by atomic mass is 10.3. The molecule has 0 atom stereocenters. The number of para-hydroxylation sites is 2. The molecule has 2 rings (SSSR count). The Morgan fingerprint density at radius 1 is 0.731 bits per heavy atom. The summed E-state index contributed by atoms with van der Waals surface area (Å²) in [6.45, 7) is 15.7. The Morgan fingerprint density at radius 3 is 1.42 bits per heavy atom. The van der Waals surface area contributed by atoms with Crippen molar-refractivity contribution < 1.29 is 10.2 Å². The number of rotatable bonds is 6. The summed E-state index contributed by atoms with van der Waals surface area (Å²) in [4.78, 5) is 0. The topological polar surface area (TPSA) is 40.5 Å². The Hall–Kier alpha value is -1.10. The summed E-state index contributed by atoms with van der Waals surface area (Å²) < 4.78 is 0. The van der Waals surface area contributed by atoms with Gasteiger partial charge in [0.1, 0.15) is 11.5 Å². The molecule has 0 amide bonds. The standard InChI is InChI=1S/C21H33O2PSi2/c1-8-15-24(16-11-9-13-18(20(16)22)25(2,3)4)17-12-10-14-19(21(17)23)26(5,6)7/h9-14,22-23H,8,15H2,1-7H3. The first kappa shape index (κ1) is 21.2. The van der Waals surface area contributed by atoms with Crippen LogP contribution in [0.4, 0.5) is 0 Å². The van der Waals surface area contributed by atoms with Crippen LogP contribution in [0.15, 0.2) is 36.4 Å². The van der Waals surface area contributed by atoms with Gasteiger partial charge in [-0.25, -0.2) is 0 Å². The first-order valence-electron chi connectivity index (χ1n) is 9.41. The normalized spacial score (nSPS) is 12.6. The van der Waals surface area contributed by atoms with Crippen LogP contribution in [0.5, 0.6) is 11.5 Å². The van der Waals surface area contributed by atoms with Crippen molar-refractivity contribution in [2.45, 2.75) is 52.6 Å². The molecule has 0 spiro atoms. The van der Waals surface area contributed by atoms with Crippen LogP contribution in [0.2, 0.25) is 39.3 Å². The van der Waals surface area contributed by atoms with Gasteiger partial charge in [0, 0.05) is 10.6 Å². The number of benzene rings is 2. The summed E-state index contributed by atoms with van der Waals surface area (Å²) in [6.07, 6.45) is 2.00. The van der Waals surface area contributed by atoms with Crippen LogP contribution in [0, 0.1) is 0 Å². The predicted molar refractivity (Wildman–Crippen MR) is 124 cm³/mol. The highest BCUT2D eigenvalue weighted by molar-refractivity contribution is 7.73. The molecule has 0 unspecified atom stereocenters. The van der Waals surface area contributed by atoms with Crippen LogP contribution < -0.4 is 21.0 Å². The Bertz CT molecular complexity index is 713. The summed E-state index contributed by atoms with van der Waals surface area (Å²) in [5.74, 6) is 0.924. The van der Waals surface area contributed by atoms with Crippen molar-refractivity contribution in [2.75, 3.05) is 6.16 Å². The van der Waals surface area contributed by atoms with Gasteiger partial charge < -0.3 is 10.2 Å². The predicted octanol–water partition coefficient (Wildman–Crippen LogP) is 4.03. The van der Waals surface area contributed by atoms with E-state index in [4.69, 9.17) is 0 Å². The molecule has 5 heteroatoms. The van der Waals surface area contributed by atoms with Gasteiger partial charge in [0.15, 0.2) is 0 Å². The van der Waals surface area contributed by atoms with E-state index in [1.54, 1.807) is 0 Å². The molecule has 2 aromatic rings. The molecule has 0 aliphatic heterocycles. The highest BCUT2D eigenvalue weighted by Gasteiger charge is 2.28. The monoisotopic (exact) mass is 404 g/mol. The molecule has 0 saturated heterocycles. The van der Waals surface area contributed by atoms with Gasteiger partial charge in [-0.05, 0) is 24.5 Å². The van der Waals surface area contributed by atoms with Gasteiger partial charge in [0.2, 0.25) is 0 Å². The summed E-state index contributed by atoms with van der Waals surface area (Å²) in [6, 6.07) is 12.4. The molecule has 0 fully saturated rings. The maximum atomic E-state index is 11.1. The maximum absolute atomic E-state index is 11.1. The fraction of sp³-hybridized carbons (Fsp3) is 0.429. The van der Waals surface area contributed by atoms with Crippen molar-refractivity contribution in [2.24, 2.45) is 0 Å². The lowest BCUT2D eigenvalue weighted by Crippen LogP contribution is -2.40. The minimum Gasteiger partial charge on any atom is -0.507 e. The first-order valence-corrected chi connectivity index (χ1v) is 17.9. The van der Waals surface area contributed by atoms with Crippen LogP contribution in [0.25, 0.3) is 0 Å². The lowest BCUT2D eigenvalue weighted by molar-refractivity contribution is 0.483. The van der Waals surface area contributed by atoms with Crippen molar-refractivity contribution in [3.63, 3.8) is 0 Å². The van der Waals surface area contributed by atoms with Crippen LogP contribution in [-0.4, -0.2) is 32.5 Å². The molecule has 0 saturated carbocycles. The summed E-state index contributed by atoms with van der Waals surface area (Å²) in [7, 11) is -4.03. The molecular weight excluding hydrogens is 371 g/mol. The molecule has 0 aliphatic carbocycles. The zero-order chi connectivity index (χ0) is 19.7. The van der Waals surface area contributed by atoms with E-state index in [9.17, 15) is 10.2 Å². The largest absolute Gasteiger partial charge is 0.507 e. The minimum absolute atomic E-state index is 0.462. The molecule has 2 N–H and O–H groups in total. The first-order chi connectivity index (χ1) is 12.0. The summed E-state index contributed by atoms with van der Waals surface area (Å²) >= 11 is 0. The number of aromatic hydroxyl groups is 2. The third-order valence-electron chi connectivity index (χ3n) is 4.67. The Morgan fingerprint density at radius 2 is 1.12 bits per heavy atom. The molecule has 2 aromatic carbocycles. The van der Waals surface area contributed by atoms with E-state index < -0.39 is 24.1 Å². The van der Waals surface area contributed by atoms with E-state index in [1.807, 2.05) is 0 Å². The van der Waals surface area contributed by atoms with Crippen LogP contribution in [0.3, 0.4) is 0 Å². The van der Waals surface area contributed by atoms with E-state index in [2.05, 4.69) is 82.6 Å². The number of hydrogen-bond acceptors (Lipinski definition) is 2. The van der Waals surface area contributed by atoms with Crippen molar-refractivity contribution in [3.8, 4) is 11.5 Å².